The molecule has 1 N–H and O–H groups in total. The van der Waals surface area contributed by atoms with Gasteiger partial charge in [-0.25, -0.2) is 4.98 Å². The first-order chi connectivity index (χ1) is 11.1. The maximum Gasteiger partial charge on any atom is 0.206 e. The summed E-state index contributed by atoms with van der Waals surface area (Å²) in [5.74, 6) is 0.732. The zero-order valence-corrected chi connectivity index (χ0v) is 15.6. The van der Waals surface area contributed by atoms with Crippen LogP contribution in [0.2, 0.25) is 5.15 Å². The minimum Gasteiger partial charge on any atom is -0.360 e. The summed E-state index contributed by atoms with van der Waals surface area (Å²) in [7, 11) is 0. The van der Waals surface area contributed by atoms with E-state index in [1.165, 1.54) is 11.1 Å². The van der Waals surface area contributed by atoms with E-state index in [0.717, 1.165) is 38.2 Å². The Labute approximate surface area is 148 Å². The van der Waals surface area contributed by atoms with Gasteiger partial charge in [-0.3, -0.25) is 0 Å². The van der Waals surface area contributed by atoms with Crippen LogP contribution in [0, 0.1) is 13.8 Å². The summed E-state index contributed by atoms with van der Waals surface area (Å²) in [6.07, 6.45) is 0. The Morgan fingerprint density at radius 2 is 2.09 bits per heavy atom. The summed E-state index contributed by atoms with van der Waals surface area (Å²) in [4.78, 5) is 4.59. The van der Waals surface area contributed by atoms with Crippen LogP contribution in [0.25, 0.3) is 10.9 Å². The Balaban J connectivity index is 1.82. The average molecular weight is 365 g/mol. The second-order valence-electron chi connectivity index (χ2n) is 5.21. The number of hydrogen-bond donors (Lipinski definition) is 1. The molecular formula is C16H17ClN4S2. The number of benzene rings is 1. The molecule has 0 radical (unpaired) electrons. The zero-order chi connectivity index (χ0) is 16.4. The van der Waals surface area contributed by atoms with Crippen molar-refractivity contribution >= 4 is 50.7 Å². The van der Waals surface area contributed by atoms with E-state index in [-0.39, 0.29) is 0 Å². The van der Waals surface area contributed by atoms with Gasteiger partial charge in [0.1, 0.15) is 5.15 Å². The molecule has 0 fully saturated rings. The first-order valence-corrected chi connectivity index (χ1v) is 9.52. The number of aryl methyl sites for hydroxylation is 2. The molecule has 3 rings (SSSR count). The van der Waals surface area contributed by atoms with E-state index in [4.69, 9.17) is 11.6 Å². The molecule has 0 amide bonds. The predicted octanol–water partition coefficient (Wildman–Crippen LogP) is 5.08. The zero-order valence-electron chi connectivity index (χ0n) is 13.2. The Morgan fingerprint density at radius 3 is 2.87 bits per heavy atom. The molecule has 1 aromatic carbocycles. The van der Waals surface area contributed by atoms with Gasteiger partial charge >= 0.3 is 0 Å². The van der Waals surface area contributed by atoms with Crippen molar-refractivity contribution in [3.05, 3.63) is 40.0 Å². The highest BCUT2D eigenvalue weighted by atomic mass is 35.5. The maximum atomic E-state index is 6.38. The van der Waals surface area contributed by atoms with Gasteiger partial charge in [-0.15, -0.1) is 10.2 Å². The highest BCUT2D eigenvalue weighted by molar-refractivity contribution is 8.00. The SMILES string of the molecule is CCNc1nnc(SCc2cc3ccc(C)c(C)c3nc2Cl)s1. The van der Waals surface area contributed by atoms with Crippen molar-refractivity contribution in [2.45, 2.75) is 30.9 Å². The van der Waals surface area contributed by atoms with Crippen LogP contribution in [0.1, 0.15) is 23.6 Å². The Kier molecular flexibility index (Phi) is 5.04. The van der Waals surface area contributed by atoms with Crippen LogP contribution in [-0.2, 0) is 5.75 Å². The number of thioether (sulfide) groups is 1. The number of pyridine rings is 1. The number of fused-ring (bicyclic) bond motifs is 1. The van der Waals surface area contributed by atoms with E-state index in [1.807, 2.05) is 6.92 Å². The fourth-order valence-electron chi connectivity index (χ4n) is 2.24. The molecule has 0 aliphatic heterocycles. The fraction of sp³-hybridized carbons (Fsp3) is 0.312. The fourth-order valence-corrected chi connectivity index (χ4v) is 4.31. The molecule has 0 saturated carbocycles. The van der Waals surface area contributed by atoms with Crippen LogP contribution in [0.4, 0.5) is 5.13 Å². The number of nitrogens with one attached hydrogen (secondary N) is 1. The molecule has 120 valence electrons. The Hall–Kier alpha value is -1.37. The van der Waals surface area contributed by atoms with Crippen LogP contribution in [0.15, 0.2) is 22.5 Å². The molecule has 2 aromatic heterocycles. The van der Waals surface area contributed by atoms with Gasteiger partial charge in [0.15, 0.2) is 4.34 Å². The van der Waals surface area contributed by atoms with Crippen LogP contribution in [0.3, 0.4) is 0 Å². The van der Waals surface area contributed by atoms with Gasteiger partial charge in [0, 0.05) is 23.2 Å². The number of hydrogen-bond acceptors (Lipinski definition) is 6. The van der Waals surface area contributed by atoms with E-state index in [9.17, 15) is 0 Å². The van der Waals surface area contributed by atoms with E-state index >= 15 is 0 Å². The summed E-state index contributed by atoms with van der Waals surface area (Å²) in [6, 6.07) is 6.34. The third-order valence-electron chi connectivity index (χ3n) is 3.62. The number of anilines is 1. The number of halogens is 1. The highest BCUT2D eigenvalue weighted by Gasteiger charge is 2.10. The lowest BCUT2D eigenvalue weighted by Gasteiger charge is -2.08. The van der Waals surface area contributed by atoms with Crippen LogP contribution in [-0.4, -0.2) is 21.7 Å². The van der Waals surface area contributed by atoms with Gasteiger partial charge in [0.2, 0.25) is 5.13 Å². The van der Waals surface area contributed by atoms with Crippen molar-refractivity contribution in [1.82, 2.24) is 15.2 Å². The molecular weight excluding hydrogens is 348 g/mol. The predicted molar refractivity (Wildman–Crippen MR) is 99.9 cm³/mol. The second kappa shape index (κ2) is 7.03. The van der Waals surface area contributed by atoms with Crippen molar-refractivity contribution in [3.8, 4) is 0 Å². The minimum atomic E-state index is 0.565. The van der Waals surface area contributed by atoms with E-state index in [2.05, 4.69) is 52.5 Å². The molecule has 0 aliphatic carbocycles. The second-order valence-corrected chi connectivity index (χ2v) is 7.77. The third-order valence-corrected chi connectivity index (χ3v) is 6.01. The van der Waals surface area contributed by atoms with Gasteiger partial charge < -0.3 is 5.32 Å². The standard InChI is InChI=1S/C16H17ClN4S2/c1-4-18-15-20-21-16(23-15)22-8-12-7-11-6-5-9(2)10(3)13(11)19-14(12)17/h5-7H,4,8H2,1-3H3,(H,18,20). The quantitative estimate of drug-likeness (QED) is 0.505. The normalized spacial score (nSPS) is 11.1. The molecule has 4 nitrogen and oxygen atoms in total. The molecule has 0 bridgehead atoms. The Bertz CT molecular complexity index is 847. The Morgan fingerprint density at radius 1 is 1.26 bits per heavy atom. The van der Waals surface area contributed by atoms with Crippen LogP contribution in [0.5, 0.6) is 0 Å². The van der Waals surface area contributed by atoms with Crippen molar-refractivity contribution in [1.29, 1.82) is 0 Å². The molecule has 23 heavy (non-hydrogen) atoms. The van der Waals surface area contributed by atoms with Crippen molar-refractivity contribution in [3.63, 3.8) is 0 Å². The first kappa shape index (κ1) is 16.5. The molecule has 0 spiro atoms. The number of aromatic nitrogens is 3. The van der Waals surface area contributed by atoms with Crippen molar-refractivity contribution in [2.75, 3.05) is 11.9 Å². The lowest BCUT2D eigenvalue weighted by molar-refractivity contribution is 1.00. The largest absolute Gasteiger partial charge is 0.360 e. The third kappa shape index (κ3) is 3.59. The van der Waals surface area contributed by atoms with E-state index in [1.54, 1.807) is 23.1 Å². The molecule has 0 unspecified atom stereocenters. The van der Waals surface area contributed by atoms with Gasteiger partial charge in [-0.2, -0.15) is 0 Å². The first-order valence-electron chi connectivity index (χ1n) is 7.34. The molecule has 0 saturated heterocycles. The summed E-state index contributed by atoms with van der Waals surface area (Å²) in [5, 5.41) is 14.0. The van der Waals surface area contributed by atoms with Gasteiger partial charge in [-0.1, -0.05) is 46.8 Å². The van der Waals surface area contributed by atoms with Crippen molar-refractivity contribution < 1.29 is 0 Å². The molecule has 7 heteroatoms. The summed E-state index contributed by atoms with van der Waals surface area (Å²) in [6.45, 7) is 7.06. The lowest BCUT2D eigenvalue weighted by Crippen LogP contribution is -1.94. The average Bonchev–Trinajstić information content (AvgIpc) is 2.98. The van der Waals surface area contributed by atoms with Crippen molar-refractivity contribution in [2.24, 2.45) is 0 Å². The van der Waals surface area contributed by atoms with E-state index in [0.29, 0.717) is 5.15 Å². The molecule has 0 atom stereocenters. The monoisotopic (exact) mass is 364 g/mol. The van der Waals surface area contributed by atoms with Gasteiger partial charge in [-0.05, 0) is 38.0 Å². The summed E-state index contributed by atoms with van der Waals surface area (Å²) < 4.78 is 0.928. The topological polar surface area (TPSA) is 50.7 Å². The van der Waals surface area contributed by atoms with E-state index < -0.39 is 0 Å². The summed E-state index contributed by atoms with van der Waals surface area (Å²) >= 11 is 9.57. The van der Waals surface area contributed by atoms with Gasteiger partial charge in [0.05, 0.1) is 5.52 Å². The molecule has 3 aromatic rings. The van der Waals surface area contributed by atoms with Gasteiger partial charge in [0.25, 0.3) is 0 Å². The molecule has 2 heterocycles. The smallest absolute Gasteiger partial charge is 0.206 e. The molecule has 0 aliphatic rings. The number of nitrogens with zero attached hydrogens (tertiary/aromatic N) is 3. The van der Waals surface area contributed by atoms with Crippen LogP contribution < -0.4 is 5.32 Å². The maximum absolute atomic E-state index is 6.38. The lowest BCUT2D eigenvalue weighted by atomic mass is 10.0. The highest BCUT2D eigenvalue weighted by Crippen LogP contribution is 2.32. The number of rotatable bonds is 5. The van der Waals surface area contributed by atoms with Crippen LogP contribution >= 0.6 is 34.7 Å². The summed E-state index contributed by atoms with van der Waals surface area (Å²) in [5.41, 5.74) is 4.41. The minimum absolute atomic E-state index is 0.565.